The molecule has 0 aliphatic heterocycles. The van der Waals surface area contributed by atoms with E-state index < -0.39 is 0 Å². The maximum atomic E-state index is 5.52. The first-order chi connectivity index (χ1) is 9.81. The molecule has 0 unspecified atom stereocenters. The molecule has 1 N–H and O–H groups in total. The summed E-state index contributed by atoms with van der Waals surface area (Å²) in [6.45, 7) is 4.11. The van der Waals surface area contributed by atoms with Crippen molar-refractivity contribution in [2.45, 2.75) is 19.9 Å². The molecule has 0 saturated carbocycles. The number of rotatable bonds is 8. The number of anilines is 1. The normalized spacial score (nSPS) is 10.5. The quantitative estimate of drug-likeness (QED) is 0.758. The van der Waals surface area contributed by atoms with Crippen molar-refractivity contribution in [3.63, 3.8) is 0 Å². The SMILES string of the molecule is CCc1ncc(CNc2ccc(OCCOC)cc2)s1. The fourth-order valence-electron chi connectivity index (χ4n) is 1.69. The van der Waals surface area contributed by atoms with Gasteiger partial charge < -0.3 is 14.8 Å². The Balaban J connectivity index is 1.81. The number of hydrogen-bond acceptors (Lipinski definition) is 5. The van der Waals surface area contributed by atoms with Gasteiger partial charge in [-0.3, -0.25) is 0 Å². The Labute approximate surface area is 123 Å². The predicted molar refractivity (Wildman–Crippen MR) is 82.6 cm³/mol. The molecule has 108 valence electrons. The third-order valence-electron chi connectivity index (χ3n) is 2.78. The number of aromatic nitrogens is 1. The average Bonchev–Trinajstić information content (AvgIpc) is 2.95. The standard InChI is InChI=1S/C15H20N2O2S/c1-3-15-17-11-14(20-15)10-16-12-4-6-13(7-5-12)19-9-8-18-2/h4-7,11,16H,3,8-10H2,1-2H3. The summed E-state index contributed by atoms with van der Waals surface area (Å²) in [6.07, 6.45) is 2.94. The van der Waals surface area contributed by atoms with Crippen molar-refractivity contribution in [2.75, 3.05) is 25.6 Å². The summed E-state index contributed by atoms with van der Waals surface area (Å²) in [6, 6.07) is 7.96. The lowest BCUT2D eigenvalue weighted by atomic mass is 10.3. The maximum Gasteiger partial charge on any atom is 0.119 e. The van der Waals surface area contributed by atoms with Crippen LogP contribution < -0.4 is 10.1 Å². The van der Waals surface area contributed by atoms with Gasteiger partial charge in [0.2, 0.25) is 0 Å². The maximum absolute atomic E-state index is 5.52. The fourth-order valence-corrected chi connectivity index (χ4v) is 2.50. The summed E-state index contributed by atoms with van der Waals surface area (Å²) in [7, 11) is 1.67. The molecule has 0 aliphatic rings. The molecule has 0 bridgehead atoms. The molecule has 0 aliphatic carbocycles. The molecule has 0 saturated heterocycles. The molecule has 0 fully saturated rings. The van der Waals surface area contributed by atoms with Crippen LogP contribution in [0.5, 0.6) is 5.75 Å². The molecule has 1 aromatic heterocycles. The number of nitrogens with zero attached hydrogens (tertiary/aromatic N) is 1. The van der Waals surface area contributed by atoms with E-state index in [0.29, 0.717) is 13.2 Å². The van der Waals surface area contributed by atoms with Crippen LogP contribution in [0.15, 0.2) is 30.5 Å². The highest BCUT2D eigenvalue weighted by Gasteiger charge is 2.00. The summed E-state index contributed by atoms with van der Waals surface area (Å²) in [4.78, 5) is 5.60. The first-order valence-electron chi connectivity index (χ1n) is 6.71. The molecular weight excluding hydrogens is 272 g/mol. The second kappa shape index (κ2) is 7.87. The zero-order valence-corrected chi connectivity index (χ0v) is 12.7. The van der Waals surface area contributed by atoms with Crippen LogP contribution in [-0.4, -0.2) is 25.3 Å². The van der Waals surface area contributed by atoms with Gasteiger partial charge in [-0.1, -0.05) is 6.92 Å². The van der Waals surface area contributed by atoms with Crippen LogP contribution in [0.3, 0.4) is 0 Å². The Morgan fingerprint density at radius 1 is 1.20 bits per heavy atom. The number of nitrogens with one attached hydrogen (secondary N) is 1. The molecule has 20 heavy (non-hydrogen) atoms. The number of hydrogen-bond donors (Lipinski definition) is 1. The molecule has 2 rings (SSSR count). The molecule has 5 heteroatoms. The highest BCUT2D eigenvalue weighted by Crippen LogP contribution is 2.18. The van der Waals surface area contributed by atoms with Gasteiger partial charge in [-0.25, -0.2) is 4.98 Å². The van der Waals surface area contributed by atoms with Crippen molar-refractivity contribution >= 4 is 17.0 Å². The third kappa shape index (κ3) is 4.51. The first-order valence-corrected chi connectivity index (χ1v) is 7.52. The number of methoxy groups -OCH3 is 1. The summed E-state index contributed by atoms with van der Waals surface area (Å²) in [5.74, 6) is 0.860. The Hall–Kier alpha value is -1.59. The van der Waals surface area contributed by atoms with E-state index in [1.165, 1.54) is 9.88 Å². The number of aryl methyl sites for hydroxylation is 1. The van der Waals surface area contributed by atoms with Crippen molar-refractivity contribution in [1.29, 1.82) is 0 Å². The number of benzene rings is 1. The van der Waals surface area contributed by atoms with Gasteiger partial charge in [0.25, 0.3) is 0 Å². The molecule has 2 aromatic rings. The minimum absolute atomic E-state index is 0.573. The monoisotopic (exact) mass is 292 g/mol. The molecular formula is C15H20N2O2S. The first kappa shape index (κ1) is 14.8. The second-order valence-electron chi connectivity index (χ2n) is 4.29. The van der Waals surface area contributed by atoms with Gasteiger partial charge in [0.1, 0.15) is 12.4 Å². The molecule has 0 amide bonds. The average molecular weight is 292 g/mol. The molecule has 0 atom stereocenters. The molecule has 4 nitrogen and oxygen atoms in total. The van der Waals surface area contributed by atoms with E-state index in [0.717, 1.165) is 24.4 Å². The fraction of sp³-hybridized carbons (Fsp3) is 0.400. The van der Waals surface area contributed by atoms with Crippen LogP contribution in [0.1, 0.15) is 16.8 Å². The molecule has 0 radical (unpaired) electrons. The molecule has 0 spiro atoms. The van der Waals surface area contributed by atoms with Crippen LogP contribution in [0.4, 0.5) is 5.69 Å². The van der Waals surface area contributed by atoms with Gasteiger partial charge in [0.05, 0.1) is 18.2 Å². The zero-order valence-electron chi connectivity index (χ0n) is 11.9. The van der Waals surface area contributed by atoms with Crippen molar-refractivity contribution in [1.82, 2.24) is 4.98 Å². The van der Waals surface area contributed by atoms with E-state index in [2.05, 4.69) is 17.2 Å². The summed E-state index contributed by atoms with van der Waals surface area (Å²) < 4.78 is 10.5. The van der Waals surface area contributed by atoms with Gasteiger partial charge in [-0.15, -0.1) is 11.3 Å². The lowest BCUT2D eigenvalue weighted by Crippen LogP contribution is -2.04. The van der Waals surface area contributed by atoms with Gasteiger partial charge >= 0.3 is 0 Å². The van der Waals surface area contributed by atoms with Crippen LogP contribution in [0, 0.1) is 0 Å². The van der Waals surface area contributed by atoms with E-state index in [9.17, 15) is 0 Å². The summed E-state index contributed by atoms with van der Waals surface area (Å²) in [5, 5.41) is 4.57. The summed E-state index contributed by atoms with van der Waals surface area (Å²) in [5.41, 5.74) is 1.08. The Morgan fingerprint density at radius 3 is 2.65 bits per heavy atom. The highest BCUT2D eigenvalue weighted by atomic mass is 32.1. The highest BCUT2D eigenvalue weighted by molar-refractivity contribution is 7.11. The summed E-state index contributed by atoms with van der Waals surface area (Å²) >= 11 is 1.76. The van der Waals surface area contributed by atoms with E-state index in [4.69, 9.17) is 9.47 Å². The Kier molecular flexibility index (Phi) is 5.83. The Morgan fingerprint density at radius 2 is 2.00 bits per heavy atom. The predicted octanol–water partition coefficient (Wildman–Crippen LogP) is 3.34. The van der Waals surface area contributed by atoms with Crippen LogP contribution >= 0.6 is 11.3 Å². The van der Waals surface area contributed by atoms with E-state index in [1.807, 2.05) is 30.5 Å². The number of thiazole rings is 1. The largest absolute Gasteiger partial charge is 0.491 e. The topological polar surface area (TPSA) is 43.4 Å². The van der Waals surface area contributed by atoms with Crippen LogP contribution in [-0.2, 0) is 17.7 Å². The molecule has 1 aromatic carbocycles. The number of ether oxygens (including phenoxy) is 2. The lowest BCUT2D eigenvalue weighted by molar-refractivity contribution is 0.146. The van der Waals surface area contributed by atoms with E-state index in [-0.39, 0.29) is 0 Å². The minimum atomic E-state index is 0.573. The lowest BCUT2D eigenvalue weighted by Gasteiger charge is -2.08. The van der Waals surface area contributed by atoms with E-state index in [1.54, 1.807) is 18.4 Å². The van der Waals surface area contributed by atoms with Crippen molar-refractivity contribution < 1.29 is 9.47 Å². The van der Waals surface area contributed by atoms with Crippen molar-refractivity contribution in [3.8, 4) is 5.75 Å². The van der Waals surface area contributed by atoms with Crippen molar-refractivity contribution in [2.24, 2.45) is 0 Å². The molecule has 1 heterocycles. The zero-order chi connectivity index (χ0) is 14.2. The van der Waals surface area contributed by atoms with E-state index >= 15 is 0 Å². The minimum Gasteiger partial charge on any atom is -0.491 e. The van der Waals surface area contributed by atoms with Crippen LogP contribution in [0.2, 0.25) is 0 Å². The second-order valence-corrected chi connectivity index (χ2v) is 5.49. The Bertz CT molecular complexity index is 511. The van der Waals surface area contributed by atoms with Crippen molar-refractivity contribution in [3.05, 3.63) is 40.3 Å². The van der Waals surface area contributed by atoms with Crippen LogP contribution in [0.25, 0.3) is 0 Å². The van der Waals surface area contributed by atoms with Gasteiger partial charge in [-0.05, 0) is 30.7 Å². The van der Waals surface area contributed by atoms with Gasteiger partial charge in [0.15, 0.2) is 0 Å². The smallest absolute Gasteiger partial charge is 0.119 e. The third-order valence-corrected chi connectivity index (χ3v) is 3.92. The van der Waals surface area contributed by atoms with Gasteiger partial charge in [0, 0.05) is 23.9 Å². The van der Waals surface area contributed by atoms with Gasteiger partial charge in [-0.2, -0.15) is 0 Å².